The van der Waals surface area contributed by atoms with Gasteiger partial charge in [-0.1, -0.05) is 24.3 Å². The molecule has 1 amide bonds. The van der Waals surface area contributed by atoms with E-state index in [9.17, 15) is 4.79 Å². The smallest absolute Gasteiger partial charge is 0.274 e. The molecule has 5 nitrogen and oxygen atoms in total. The van der Waals surface area contributed by atoms with Crippen molar-refractivity contribution in [3.05, 3.63) is 72.7 Å². The Morgan fingerprint density at radius 1 is 1.05 bits per heavy atom. The van der Waals surface area contributed by atoms with E-state index in [1.165, 1.54) is 0 Å². The van der Waals surface area contributed by atoms with E-state index < -0.39 is 0 Å². The molecule has 0 saturated heterocycles. The van der Waals surface area contributed by atoms with Gasteiger partial charge in [0.15, 0.2) is 0 Å². The van der Waals surface area contributed by atoms with E-state index in [2.05, 4.69) is 15.4 Å². The van der Waals surface area contributed by atoms with Crippen LogP contribution < -0.4 is 5.32 Å². The average Bonchev–Trinajstić information content (AvgIpc) is 3.02. The van der Waals surface area contributed by atoms with Gasteiger partial charge in [0.05, 0.1) is 11.0 Å². The number of nitrogens with zero attached hydrogens (tertiary/aromatic N) is 3. The van der Waals surface area contributed by atoms with Crippen LogP contribution in [0.25, 0.3) is 16.4 Å². The average molecular weight is 288 g/mol. The molecule has 0 fully saturated rings. The van der Waals surface area contributed by atoms with Gasteiger partial charge in [0.1, 0.15) is 5.69 Å². The van der Waals surface area contributed by atoms with Gasteiger partial charge < -0.3 is 5.32 Å². The number of benzene rings is 1. The number of carbonyl (C=O) groups is 1. The molecule has 106 valence electrons. The molecule has 4 aromatic rings. The highest BCUT2D eigenvalue weighted by atomic mass is 16.1. The number of amides is 1. The van der Waals surface area contributed by atoms with Crippen LogP contribution in [0, 0.1) is 0 Å². The van der Waals surface area contributed by atoms with Crippen LogP contribution in [-0.4, -0.2) is 20.5 Å². The van der Waals surface area contributed by atoms with Crippen molar-refractivity contribution in [2.24, 2.45) is 0 Å². The van der Waals surface area contributed by atoms with Gasteiger partial charge in [-0.15, -0.1) is 0 Å². The second-order valence-electron chi connectivity index (χ2n) is 4.96. The molecule has 1 aromatic carbocycles. The molecule has 4 rings (SSSR count). The molecule has 0 bridgehead atoms. The van der Waals surface area contributed by atoms with Crippen molar-refractivity contribution in [3.63, 3.8) is 0 Å². The first-order valence-electron chi connectivity index (χ1n) is 6.90. The predicted octanol–water partition coefficient (Wildman–Crippen LogP) is 3.13. The van der Waals surface area contributed by atoms with E-state index in [1.54, 1.807) is 29.0 Å². The van der Waals surface area contributed by atoms with Gasteiger partial charge in [-0.05, 0) is 30.3 Å². The number of aromatic nitrogens is 3. The van der Waals surface area contributed by atoms with Crippen LogP contribution in [0.3, 0.4) is 0 Å². The van der Waals surface area contributed by atoms with E-state index in [4.69, 9.17) is 0 Å². The molecule has 0 aliphatic rings. The maximum absolute atomic E-state index is 12.3. The second-order valence-corrected chi connectivity index (χ2v) is 4.96. The Labute approximate surface area is 126 Å². The van der Waals surface area contributed by atoms with Crippen molar-refractivity contribution in [1.29, 1.82) is 0 Å². The number of anilines is 1. The first-order valence-corrected chi connectivity index (χ1v) is 6.90. The molecule has 0 aliphatic carbocycles. The molecule has 0 unspecified atom stereocenters. The summed E-state index contributed by atoms with van der Waals surface area (Å²) in [5.74, 6) is -0.227. The Hall–Kier alpha value is -3.21. The van der Waals surface area contributed by atoms with Crippen LogP contribution >= 0.6 is 0 Å². The number of pyridine rings is 2. The number of carbonyl (C=O) groups excluding carboxylic acids is 1. The lowest BCUT2D eigenvalue weighted by Crippen LogP contribution is -2.13. The Balaban J connectivity index is 1.64. The molecule has 0 aliphatic heterocycles. The summed E-state index contributed by atoms with van der Waals surface area (Å²) in [6.07, 6.45) is 3.52. The van der Waals surface area contributed by atoms with Crippen molar-refractivity contribution in [2.75, 3.05) is 5.32 Å². The first kappa shape index (κ1) is 12.5. The summed E-state index contributed by atoms with van der Waals surface area (Å²) < 4.78 is 1.74. The molecule has 0 saturated carbocycles. The molecular formula is C17H12N4O. The van der Waals surface area contributed by atoms with E-state index >= 15 is 0 Å². The highest BCUT2D eigenvalue weighted by Gasteiger charge is 2.09. The Morgan fingerprint density at radius 3 is 2.91 bits per heavy atom. The number of nitrogens with one attached hydrogen (secondary N) is 1. The van der Waals surface area contributed by atoms with Crippen molar-refractivity contribution in [2.45, 2.75) is 0 Å². The van der Waals surface area contributed by atoms with Gasteiger partial charge in [0.2, 0.25) is 0 Å². The minimum atomic E-state index is -0.227. The molecule has 22 heavy (non-hydrogen) atoms. The molecule has 1 N–H and O–H groups in total. The van der Waals surface area contributed by atoms with Crippen LogP contribution in [0.2, 0.25) is 0 Å². The zero-order valence-corrected chi connectivity index (χ0v) is 11.6. The highest BCUT2D eigenvalue weighted by Crippen LogP contribution is 2.15. The van der Waals surface area contributed by atoms with Crippen LogP contribution in [0.4, 0.5) is 5.69 Å². The predicted molar refractivity (Wildman–Crippen MR) is 84.9 cm³/mol. The monoisotopic (exact) mass is 288 g/mol. The molecule has 3 aromatic heterocycles. The standard InChI is InChI=1S/C17H12N4O/c22-17(16-6-5-12-3-1-2-4-15(12)20-16)19-13-8-10-21-14(11-13)7-9-18-21/h1-11H,(H,19,22). The van der Waals surface area contributed by atoms with Crippen LogP contribution in [0.5, 0.6) is 0 Å². The molecule has 0 atom stereocenters. The summed E-state index contributed by atoms with van der Waals surface area (Å²) in [6, 6.07) is 16.9. The normalized spacial score (nSPS) is 10.9. The van der Waals surface area contributed by atoms with Crippen LogP contribution in [-0.2, 0) is 0 Å². The minimum Gasteiger partial charge on any atom is -0.321 e. The van der Waals surface area contributed by atoms with Crippen molar-refractivity contribution in [3.8, 4) is 0 Å². The first-order chi connectivity index (χ1) is 10.8. The summed E-state index contributed by atoms with van der Waals surface area (Å²) in [5, 5.41) is 8.00. The summed E-state index contributed by atoms with van der Waals surface area (Å²) in [5.41, 5.74) is 2.84. The number of para-hydroxylation sites is 1. The second kappa shape index (κ2) is 4.96. The quantitative estimate of drug-likeness (QED) is 0.616. The van der Waals surface area contributed by atoms with E-state index in [0.29, 0.717) is 11.4 Å². The van der Waals surface area contributed by atoms with Crippen molar-refractivity contribution in [1.82, 2.24) is 14.6 Å². The van der Waals surface area contributed by atoms with E-state index in [0.717, 1.165) is 16.4 Å². The fourth-order valence-corrected chi connectivity index (χ4v) is 2.39. The summed E-state index contributed by atoms with van der Waals surface area (Å²) in [7, 11) is 0. The van der Waals surface area contributed by atoms with Crippen molar-refractivity contribution < 1.29 is 4.79 Å². The fourth-order valence-electron chi connectivity index (χ4n) is 2.39. The maximum Gasteiger partial charge on any atom is 0.274 e. The molecule has 5 heteroatoms. The lowest BCUT2D eigenvalue weighted by atomic mass is 10.2. The SMILES string of the molecule is O=C(Nc1ccn2nccc2c1)c1ccc2ccccc2n1. The van der Waals surface area contributed by atoms with Gasteiger partial charge in [0.25, 0.3) is 5.91 Å². The number of hydrogen-bond acceptors (Lipinski definition) is 3. The van der Waals surface area contributed by atoms with E-state index in [-0.39, 0.29) is 5.91 Å². The summed E-state index contributed by atoms with van der Waals surface area (Å²) in [4.78, 5) is 16.7. The summed E-state index contributed by atoms with van der Waals surface area (Å²) >= 11 is 0. The topological polar surface area (TPSA) is 59.3 Å². The van der Waals surface area contributed by atoms with Gasteiger partial charge in [-0.3, -0.25) is 4.79 Å². The number of fused-ring (bicyclic) bond motifs is 2. The highest BCUT2D eigenvalue weighted by molar-refractivity contribution is 6.04. The Kier molecular flexibility index (Phi) is 2.83. The zero-order valence-electron chi connectivity index (χ0n) is 11.6. The Bertz CT molecular complexity index is 990. The third-order valence-corrected chi connectivity index (χ3v) is 3.49. The van der Waals surface area contributed by atoms with E-state index in [1.807, 2.05) is 42.5 Å². The summed E-state index contributed by atoms with van der Waals surface area (Å²) in [6.45, 7) is 0. The fraction of sp³-hybridized carbons (Fsp3) is 0. The number of rotatable bonds is 2. The zero-order chi connectivity index (χ0) is 14.9. The Morgan fingerprint density at radius 2 is 1.95 bits per heavy atom. The van der Waals surface area contributed by atoms with Gasteiger partial charge >= 0.3 is 0 Å². The number of hydrogen-bond donors (Lipinski definition) is 1. The van der Waals surface area contributed by atoms with Gasteiger partial charge in [-0.2, -0.15) is 5.10 Å². The lowest BCUT2D eigenvalue weighted by molar-refractivity contribution is 0.102. The van der Waals surface area contributed by atoms with Crippen LogP contribution in [0.15, 0.2) is 67.0 Å². The molecule has 0 radical (unpaired) electrons. The van der Waals surface area contributed by atoms with Crippen molar-refractivity contribution >= 4 is 28.0 Å². The molecule has 3 heterocycles. The third kappa shape index (κ3) is 2.18. The molecular weight excluding hydrogens is 276 g/mol. The lowest BCUT2D eigenvalue weighted by Gasteiger charge is -2.06. The minimum absolute atomic E-state index is 0.227. The third-order valence-electron chi connectivity index (χ3n) is 3.49. The van der Waals surface area contributed by atoms with Crippen LogP contribution in [0.1, 0.15) is 10.5 Å². The largest absolute Gasteiger partial charge is 0.321 e. The van der Waals surface area contributed by atoms with Gasteiger partial charge in [-0.25, -0.2) is 9.50 Å². The molecule has 0 spiro atoms. The maximum atomic E-state index is 12.3. The van der Waals surface area contributed by atoms with Gasteiger partial charge in [0, 0.05) is 23.5 Å².